The van der Waals surface area contributed by atoms with E-state index in [0.717, 1.165) is 11.1 Å². The molecule has 0 aliphatic carbocycles. The summed E-state index contributed by atoms with van der Waals surface area (Å²) >= 11 is 6.09. The lowest BCUT2D eigenvalue weighted by Crippen LogP contribution is -2.32. The smallest absolute Gasteiger partial charge is 0.258 e. The van der Waals surface area contributed by atoms with Crippen molar-refractivity contribution in [3.8, 4) is 0 Å². The number of carbonyl (C=O) groups excluding carboxylic acids is 3. The highest BCUT2D eigenvalue weighted by Gasteiger charge is 2.27. The van der Waals surface area contributed by atoms with Gasteiger partial charge in [-0.1, -0.05) is 29.3 Å². The Labute approximate surface area is 192 Å². The molecule has 0 saturated heterocycles. The van der Waals surface area contributed by atoms with Crippen molar-refractivity contribution in [3.05, 3.63) is 93.5 Å². The van der Waals surface area contributed by atoms with E-state index < -0.39 is 0 Å². The fourth-order valence-corrected chi connectivity index (χ4v) is 4.04. The second kappa shape index (κ2) is 8.97. The molecule has 0 aromatic heterocycles. The Hall–Kier alpha value is -3.44. The van der Waals surface area contributed by atoms with Crippen molar-refractivity contribution in [1.29, 1.82) is 0 Å². The Morgan fingerprint density at radius 2 is 1.72 bits per heavy atom. The number of Topliss-reactive ketones (excluding diaryl/α,β-unsaturated/α-hetero) is 1. The number of nitrogens with zero attached hydrogens (tertiary/aromatic N) is 1. The molecule has 1 heterocycles. The second-order valence-electron chi connectivity index (χ2n) is 7.99. The van der Waals surface area contributed by atoms with Crippen molar-refractivity contribution >= 4 is 40.6 Å². The van der Waals surface area contributed by atoms with Crippen LogP contribution in [0.3, 0.4) is 0 Å². The van der Waals surface area contributed by atoms with E-state index >= 15 is 0 Å². The molecular formula is C26H23ClN2O3. The number of carbonyl (C=O) groups is 3. The lowest BCUT2D eigenvalue weighted by Gasteiger charge is -2.23. The van der Waals surface area contributed by atoms with Gasteiger partial charge in [0.05, 0.1) is 5.69 Å². The minimum absolute atomic E-state index is 0.0105. The van der Waals surface area contributed by atoms with Gasteiger partial charge in [0.2, 0.25) is 0 Å². The Morgan fingerprint density at radius 1 is 0.969 bits per heavy atom. The molecule has 0 saturated carbocycles. The van der Waals surface area contributed by atoms with Crippen molar-refractivity contribution in [2.75, 3.05) is 16.8 Å². The van der Waals surface area contributed by atoms with Crippen molar-refractivity contribution in [2.24, 2.45) is 0 Å². The number of rotatable bonds is 3. The van der Waals surface area contributed by atoms with E-state index in [-0.39, 0.29) is 17.6 Å². The van der Waals surface area contributed by atoms with Crippen LogP contribution in [-0.2, 0) is 0 Å². The number of amides is 2. The highest BCUT2D eigenvalue weighted by atomic mass is 35.5. The monoisotopic (exact) mass is 446 g/mol. The summed E-state index contributed by atoms with van der Waals surface area (Å²) in [7, 11) is 0. The van der Waals surface area contributed by atoms with E-state index in [1.807, 2.05) is 26.0 Å². The molecule has 0 bridgehead atoms. The quantitative estimate of drug-likeness (QED) is 0.550. The summed E-state index contributed by atoms with van der Waals surface area (Å²) in [5.41, 5.74) is 4.58. The molecule has 162 valence electrons. The molecule has 0 radical (unpaired) electrons. The number of halogens is 1. The van der Waals surface area contributed by atoms with Gasteiger partial charge in [0.25, 0.3) is 11.8 Å². The fourth-order valence-electron chi connectivity index (χ4n) is 3.87. The zero-order valence-corrected chi connectivity index (χ0v) is 18.7. The molecule has 6 heteroatoms. The number of anilines is 2. The van der Waals surface area contributed by atoms with Crippen LogP contribution < -0.4 is 10.2 Å². The fraction of sp³-hybridized carbons (Fsp3) is 0.192. The minimum Gasteiger partial charge on any atom is -0.322 e. The number of aryl methyl sites for hydroxylation is 2. The molecule has 0 atom stereocenters. The predicted octanol–water partition coefficient (Wildman–Crippen LogP) is 5.83. The third kappa shape index (κ3) is 4.43. The number of fused-ring (bicyclic) bond motifs is 1. The first kappa shape index (κ1) is 21.8. The SMILES string of the molecule is Cc1ccc(C(=O)Nc2ccc(C(=O)N3CCCC(=O)c4cc(Cl)ccc43)c(C)c2)cc1. The summed E-state index contributed by atoms with van der Waals surface area (Å²) in [6.07, 6.45) is 0.959. The van der Waals surface area contributed by atoms with Crippen molar-refractivity contribution in [3.63, 3.8) is 0 Å². The van der Waals surface area contributed by atoms with Gasteiger partial charge < -0.3 is 10.2 Å². The van der Waals surface area contributed by atoms with Gasteiger partial charge in [-0.3, -0.25) is 14.4 Å². The summed E-state index contributed by atoms with van der Waals surface area (Å²) in [4.78, 5) is 40.0. The lowest BCUT2D eigenvalue weighted by atomic mass is 10.0. The van der Waals surface area contributed by atoms with Crippen LogP contribution in [0.5, 0.6) is 0 Å². The van der Waals surface area contributed by atoms with Crippen LogP contribution in [0.15, 0.2) is 60.7 Å². The van der Waals surface area contributed by atoms with Gasteiger partial charge >= 0.3 is 0 Å². The summed E-state index contributed by atoms with van der Waals surface area (Å²) in [5, 5.41) is 3.35. The van der Waals surface area contributed by atoms with Crippen LogP contribution in [0.2, 0.25) is 5.02 Å². The van der Waals surface area contributed by atoms with E-state index in [0.29, 0.717) is 52.5 Å². The van der Waals surface area contributed by atoms with Crippen molar-refractivity contribution in [2.45, 2.75) is 26.7 Å². The molecule has 0 fully saturated rings. The molecule has 0 unspecified atom stereocenters. The zero-order valence-electron chi connectivity index (χ0n) is 17.9. The summed E-state index contributed by atoms with van der Waals surface area (Å²) < 4.78 is 0. The van der Waals surface area contributed by atoms with Gasteiger partial charge in [-0.05, 0) is 74.4 Å². The number of hydrogen-bond acceptors (Lipinski definition) is 3. The maximum Gasteiger partial charge on any atom is 0.258 e. The Bertz CT molecular complexity index is 1220. The molecule has 5 nitrogen and oxygen atoms in total. The number of benzene rings is 3. The van der Waals surface area contributed by atoms with E-state index in [2.05, 4.69) is 5.32 Å². The topological polar surface area (TPSA) is 66.5 Å². The van der Waals surface area contributed by atoms with Crippen LogP contribution >= 0.6 is 11.6 Å². The molecule has 2 amide bonds. The normalized spacial score (nSPS) is 13.3. The van der Waals surface area contributed by atoms with Crippen LogP contribution in [-0.4, -0.2) is 24.1 Å². The van der Waals surface area contributed by atoms with E-state index in [1.54, 1.807) is 53.4 Å². The maximum atomic E-state index is 13.4. The van der Waals surface area contributed by atoms with Crippen molar-refractivity contribution in [1.82, 2.24) is 0 Å². The standard InChI is InChI=1S/C26H23ClN2O3/c1-16-5-7-18(8-6-16)25(31)28-20-10-11-21(17(2)14-20)26(32)29-13-3-4-24(30)22-15-19(27)9-12-23(22)29/h5-12,14-15H,3-4,13H2,1-2H3,(H,28,31). The van der Waals surface area contributed by atoms with Crippen LogP contribution in [0, 0.1) is 13.8 Å². The Balaban J connectivity index is 1.58. The van der Waals surface area contributed by atoms with Crippen LogP contribution in [0.4, 0.5) is 11.4 Å². The molecular weight excluding hydrogens is 424 g/mol. The van der Waals surface area contributed by atoms with E-state index in [9.17, 15) is 14.4 Å². The molecule has 1 aliphatic heterocycles. The van der Waals surface area contributed by atoms with Gasteiger partial charge in [0.15, 0.2) is 5.78 Å². The molecule has 1 aliphatic rings. The zero-order chi connectivity index (χ0) is 22.8. The molecule has 0 spiro atoms. The van der Waals surface area contributed by atoms with Crippen LogP contribution in [0.25, 0.3) is 0 Å². The number of ketones is 1. The third-order valence-corrected chi connectivity index (χ3v) is 5.84. The first-order chi connectivity index (χ1) is 15.3. The number of nitrogens with one attached hydrogen (secondary N) is 1. The Kier molecular flexibility index (Phi) is 6.10. The molecule has 32 heavy (non-hydrogen) atoms. The summed E-state index contributed by atoms with van der Waals surface area (Å²) in [6, 6.07) is 17.6. The van der Waals surface area contributed by atoms with Crippen LogP contribution in [0.1, 0.15) is 55.0 Å². The minimum atomic E-state index is -0.208. The lowest BCUT2D eigenvalue weighted by molar-refractivity contribution is 0.0973. The first-order valence-electron chi connectivity index (χ1n) is 10.5. The van der Waals surface area contributed by atoms with Gasteiger partial charge in [-0.25, -0.2) is 0 Å². The third-order valence-electron chi connectivity index (χ3n) is 5.61. The average molecular weight is 447 g/mol. The van der Waals surface area contributed by atoms with Gasteiger partial charge in [-0.15, -0.1) is 0 Å². The highest BCUT2D eigenvalue weighted by molar-refractivity contribution is 6.31. The predicted molar refractivity (Wildman–Crippen MR) is 127 cm³/mol. The molecule has 4 rings (SSSR count). The Morgan fingerprint density at radius 3 is 2.44 bits per heavy atom. The van der Waals surface area contributed by atoms with E-state index in [1.165, 1.54) is 0 Å². The van der Waals surface area contributed by atoms with Gasteiger partial charge in [-0.2, -0.15) is 0 Å². The molecule has 3 aromatic rings. The molecule has 3 aromatic carbocycles. The van der Waals surface area contributed by atoms with E-state index in [4.69, 9.17) is 11.6 Å². The van der Waals surface area contributed by atoms with Gasteiger partial charge in [0.1, 0.15) is 0 Å². The highest BCUT2D eigenvalue weighted by Crippen LogP contribution is 2.31. The second-order valence-corrected chi connectivity index (χ2v) is 8.43. The maximum absolute atomic E-state index is 13.4. The number of hydrogen-bond donors (Lipinski definition) is 1. The van der Waals surface area contributed by atoms with Gasteiger partial charge in [0, 0.05) is 40.4 Å². The van der Waals surface area contributed by atoms with Crippen molar-refractivity contribution < 1.29 is 14.4 Å². The molecule has 1 N–H and O–H groups in total. The summed E-state index contributed by atoms with van der Waals surface area (Å²) in [5.74, 6) is -0.402. The first-order valence-corrected chi connectivity index (χ1v) is 10.8. The average Bonchev–Trinajstić information content (AvgIpc) is 2.92. The summed E-state index contributed by atoms with van der Waals surface area (Å²) in [6.45, 7) is 4.25. The largest absolute Gasteiger partial charge is 0.322 e.